The first-order chi connectivity index (χ1) is 8.74. The molecule has 1 heterocycles. The fraction of sp³-hybridized carbons (Fsp3) is 0.600. The van der Waals surface area contributed by atoms with Gasteiger partial charge in [-0.05, 0) is 36.3 Å². The van der Waals surface area contributed by atoms with E-state index < -0.39 is 0 Å². The summed E-state index contributed by atoms with van der Waals surface area (Å²) < 4.78 is 0. The van der Waals surface area contributed by atoms with Gasteiger partial charge in [-0.15, -0.1) is 0 Å². The molecule has 1 aromatic rings. The molecule has 1 atom stereocenters. The number of likely N-dealkylation sites (N-methyl/N-ethyl adjacent to an activating group) is 1. The monoisotopic (exact) mass is 264 g/mol. The highest BCUT2D eigenvalue weighted by Gasteiger charge is 2.15. The third kappa shape index (κ3) is 3.21. The van der Waals surface area contributed by atoms with Gasteiger partial charge in [-0.25, -0.2) is 0 Å². The van der Waals surface area contributed by atoms with Crippen LogP contribution in [0.3, 0.4) is 0 Å². The molecule has 2 nitrogen and oxygen atoms in total. The average Bonchev–Trinajstić information content (AvgIpc) is 2.76. The minimum Gasteiger partial charge on any atom is -0.374 e. The maximum Gasteiger partial charge on any atom is 0.0397 e. The number of benzene rings is 1. The van der Waals surface area contributed by atoms with E-state index in [0.29, 0.717) is 6.04 Å². The summed E-state index contributed by atoms with van der Waals surface area (Å²) in [5.41, 5.74) is 4.34. The number of thioether (sulfide) groups is 1. The lowest BCUT2D eigenvalue weighted by Gasteiger charge is -2.16. The smallest absolute Gasteiger partial charge is 0.0397 e. The predicted molar refractivity (Wildman–Crippen MR) is 82.7 cm³/mol. The Morgan fingerprint density at radius 3 is 3.00 bits per heavy atom. The maximum atomic E-state index is 3.65. The van der Waals surface area contributed by atoms with Crippen LogP contribution in [0.1, 0.15) is 24.5 Å². The van der Waals surface area contributed by atoms with Gasteiger partial charge in [0.2, 0.25) is 0 Å². The van der Waals surface area contributed by atoms with Crippen molar-refractivity contribution in [3.8, 4) is 0 Å². The number of rotatable bonds is 6. The average molecular weight is 264 g/mol. The summed E-state index contributed by atoms with van der Waals surface area (Å²) in [6, 6.07) is 7.54. The van der Waals surface area contributed by atoms with Crippen molar-refractivity contribution in [2.24, 2.45) is 0 Å². The molecule has 18 heavy (non-hydrogen) atoms. The molecule has 1 aromatic carbocycles. The molecule has 0 fully saturated rings. The Morgan fingerprint density at radius 1 is 1.44 bits per heavy atom. The third-order valence-corrected chi connectivity index (χ3v) is 4.46. The molecule has 0 saturated heterocycles. The molecule has 0 aromatic heterocycles. The quantitative estimate of drug-likeness (QED) is 0.850. The first-order valence-electron chi connectivity index (χ1n) is 6.79. The predicted octanol–water partition coefficient (Wildman–Crippen LogP) is 2.91. The van der Waals surface area contributed by atoms with Crippen molar-refractivity contribution in [2.75, 3.05) is 30.5 Å². The molecule has 3 heteroatoms. The fourth-order valence-electron chi connectivity index (χ4n) is 2.51. The molecule has 2 rings (SSSR count). The second-order valence-electron chi connectivity index (χ2n) is 5.08. The van der Waals surface area contributed by atoms with Crippen molar-refractivity contribution >= 4 is 17.4 Å². The molecular weight excluding hydrogens is 240 g/mol. The highest BCUT2D eigenvalue weighted by atomic mass is 32.2. The molecular formula is C15H24N2S. The van der Waals surface area contributed by atoms with Gasteiger partial charge in [0, 0.05) is 37.6 Å². The lowest BCUT2D eigenvalue weighted by molar-refractivity contribution is 0.541. The highest BCUT2D eigenvalue weighted by molar-refractivity contribution is 7.98. The van der Waals surface area contributed by atoms with E-state index in [-0.39, 0.29) is 0 Å². The van der Waals surface area contributed by atoms with Crippen LogP contribution in [0.2, 0.25) is 0 Å². The lowest BCUT2D eigenvalue weighted by Crippen LogP contribution is -2.30. The molecule has 1 N–H and O–H groups in total. The number of nitrogens with one attached hydrogen (secondary N) is 1. The Balaban J connectivity index is 1.94. The molecule has 0 radical (unpaired) electrons. The van der Waals surface area contributed by atoms with E-state index in [2.05, 4.69) is 48.6 Å². The standard InChI is InChI=1S/C15H24N2S/c1-4-14(11-18-3)16-10-12-5-6-15-13(9-12)7-8-17(15)2/h5-6,9,14,16H,4,7-8,10-11H2,1-3H3. The van der Waals surface area contributed by atoms with Crippen LogP contribution in [0, 0.1) is 0 Å². The Hall–Kier alpha value is -0.670. The SMILES string of the molecule is CCC(CSC)NCc1ccc2c(c1)CCN2C. The Morgan fingerprint density at radius 2 is 2.28 bits per heavy atom. The number of fused-ring (bicyclic) bond motifs is 1. The van der Waals surface area contributed by atoms with Crippen molar-refractivity contribution < 1.29 is 0 Å². The zero-order valence-corrected chi connectivity index (χ0v) is 12.5. The van der Waals surface area contributed by atoms with Crippen LogP contribution in [-0.4, -0.2) is 31.6 Å². The van der Waals surface area contributed by atoms with E-state index in [0.717, 1.165) is 13.1 Å². The van der Waals surface area contributed by atoms with Gasteiger partial charge >= 0.3 is 0 Å². The van der Waals surface area contributed by atoms with Crippen molar-refractivity contribution in [1.29, 1.82) is 0 Å². The second-order valence-corrected chi connectivity index (χ2v) is 5.99. The topological polar surface area (TPSA) is 15.3 Å². The summed E-state index contributed by atoms with van der Waals surface area (Å²) in [4.78, 5) is 2.34. The summed E-state index contributed by atoms with van der Waals surface area (Å²) in [6.45, 7) is 4.41. The Kier molecular flexibility index (Phi) is 4.95. The second kappa shape index (κ2) is 6.48. The zero-order chi connectivity index (χ0) is 13.0. The van der Waals surface area contributed by atoms with E-state index in [1.165, 1.54) is 35.4 Å². The van der Waals surface area contributed by atoms with Gasteiger partial charge in [-0.3, -0.25) is 0 Å². The van der Waals surface area contributed by atoms with Crippen molar-refractivity contribution in [1.82, 2.24) is 5.32 Å². The normalized spacial score (nSPS) is 15.8. The van der Waals surface area contributed by atoms with E-state index in [1.54, 1.807) is 0 Å². The zero-order valence-electron chi connectivity index (χ0n) is 11.7. The number of anilines is 1. The first-order valence-corrected chi connectivity index (χ1v) is 8.19. The van der Waals surface area contributed by atoms with Gasteiger partial charge in [-0.1, -0.05) is 19.1 Å². The van der Waals surface area contributed by atoms with Crippen LogP contribution in [0.25, 0.3) is 0 Å². The van der Waals surface area contributed by atoms with Crippen molar-refractivity contribution in [2.45, 2.75) is 32.4 Å². The van der Waals surface area contributed by atoms with E-state index in [4.69, 9.17) is 0 Å². The van der Waals surface area contributed by atoms with Crippen LogP contribution < -0.4 is 10.2 Å². The minimum atomic E-state index is 0.635. The molecule has 0 aliphatic carbocycles. The van der Waals surface area contributed by atoms with Crippen molar-refractivity contribution in [3.63, 3.8) is 0 Å². The number of nitrogens with zero attached hydrogens (tertiary/aromatic N) is 1. The molecule has 1 aliphatic rings. The third-order valence-electron chi connectivity index (χ3n) is 3.73. The first kappa shape index (κ1) is 13.8. The van der Waals surface area contributed by atoms with Crippen LogP contribution in [0.5, 0.6) is 0 Å². The number of hydrogen-bond acceptors (Lipinski definition) is 3. The van der Waals surface area contributed by atoms with Crippen LogP contribution in [0.15, 0.2) is 18.2 Å². The minimum absolute atomic E-state index is 0.635. The van der Waals surface area contributed by atoms with Crippen LogP contribution >= 0.6 is 11.8 Å². The van der Waals surface area contributed by atoms with Gasteiger partial charge in [0.05, 0.1) is 0 Å². The summed E-state index contributed by atoms with van der Waals surface area (Å²) >= 11 is 1.92. The van der Waals surface area contributed by atoms with Gasteiger partial charge < -0.3 is 10.2 Å². The van der Waals surface area contributed by atoms with Gasteiger partial charge in [-0.2, -0.15) is 11.8 Å². The molecule has 0 bridgehead atoms. The van der Waals surface area contributed by atoms with E-state index >= 15 is 0 Å². The summed E-state index contributed by atoms with van der Waals surface area (Å²) in [5.74, 6) is 1.20. The van der Waals surface area contributed by atoms with Crippen LogP contribution in [-0.2, 0) is 13.0 Å². The molecule has 0 amide bonds. The summed E-state index contributed by atoms with van der Waals surface area (Å²) in [7, 11) is 2.18. The van der Waals surface area contributed by atoms with Gasteiger partial charge in [0.15, 0.2) is 0 Å². The van der Waals surface area contributed by atoms with Gasteiger partial charge in [0.1, 0.15) is 0 Å². The van der Waals surface area contributed by atoms with E-state index in [1.807, 2.05) is 11.8 Å². The molecule has 100 valence electrons. The molecule has 1 unspecified atom stereocenters. The van der Waals surface area contributed by atoms with Gasteiger partial charge in [0.25, 0.3) is 0 Å². The van der Waals surface area contributed by atoms with Crippen LogP contribution in [0.4, 0.5) is 5.69 Å². The van der Waals surface area contributed by atoms with E-state index in [9.17, 15) is 0 Å². The molecule has 0 saturated carbocycles. The molecule has 0 spiro atoms. The lowest BCUT2D eigenvalue weighted by atomic mass is 10.1. The Bertz CT molecular complexity index is 392. The summed E-state index contributed by atoms with van der Waals surface area (Å²) in [5, 5.41) is 3.65. The highest BCUT2D eigenvalue weighted by Crippen LogP contribution is 2.27. The fourth-order valence-corrected chi connectivity index (χ4v) is 3.27. The maximum absolute atomic E-state index is 3.65. The largest absolute Gasteiger partial charge is 0.374 e. The van der Waals surface area contributed by atoms with Crippen molar-refractivity contribution in [3.05, 3.63) is 29.3 Å². The Labute approximate surface area is 115 Å². The number of hydrogen-bond donors (Lipinski definition) is 1. The summed E-state index contributed by atoms with van der Waals surface area (Å²) in [6.07, 6.45) is 4.58. The molecule has 1 aliphatic heterocycles.